The molecule has 0 aliphatic carbocycles. The van der Waals surface area contributed by atoms with Crippen LogP contribution in [0.1, 0.15) is 31.5 Å². The first-order valence-corrected chi connectivity index (χ1v) is 12.8. The van der Waals surface area contributed by atoms with Crippen molar-refractivity contribution in [2.24, 2.45) is 5.92 Å². The molecule has 7 heteroatoms. The van der Waals surface area contributed by atoms with Gasteiger partial charge in [0.1, 0.15) is 5.82 Å². The molecular weight excluding hydrogens is 448 g/mol. The molecule has 1 unspecified atom stereocenters. The first-order chi connectivity index (χ1) is 17.7. The van der Waals surface area contributed by atoms with E-state index in [0.29, 0.717) is 6.54 Å². The van der Waals surface area contributed by atoms with Crippen molar-refractivity contribution in [3.05, 3.63) is 78.8 Å². The zero-order chi connectivity index (χ0) is 24.3. The normalized spacial score (nSPS) is 17.4. The van der Waals surface area contributed by atoms with Crippen LogP contribution in [0, 0.1) is 5.92 Å². The molecule has 4 heterocycles. The number of hydrogen-bond acceptors (Lipinski definition) is 5. The molecule has 1 saturated heterocycles. The largest absolute Gasteiger partial charge is 0.354 e. The molecule has 6 rings (SSSR count). The predicted octanol–water partition coefficient (Wildman–Crippen LogP) is 5.20. The van der Waals surface area contributed by atoms with Crippen molar-refractivity contribution in [1.29, 1.82) is 0 Å². The van der Waals surface area contributed by atoms with Crippen LogP contribution in [-0.4, -0.2) is 38.7 Å². The number of nitrogens with zero attached hydrogens (tertiary/aromatic N) is 5. The molecule has 1 amide bonds. The van der Waals surface area contributed by atoms with Gasteiger partial charge in [-0.15, -0.1) is 10.2 Å². The number of carbonyl (C=O) groups excluding carboxylic acids is 1. The highest BCUT2D eigenvalue weighted by Crippen LogP contribution is 2.30. The third kappa shape index (κ3) is 4.61. The first-order valence-electron chi connectivity index (χ1n) is 12.8. The third-order valence-corrected chi connectivity index (χ3v) is 7.21. The average Bonchev–Trinajstić information content (AvgIpc) is 3.38. The molecule has 0 radical (unpaired) electrons. The van der Waals surface area contributed by atoms with Crippen LogP contribution in [0.3, 0.4) is 0 Å². The number of benzene rings is 2. The second-order valence-corrected chi connectivity index (χ2v) is 9.66. The summed E-state index contributed by atoms with van der Waals surface area (Å²) in [5.74, 6) is 1.89. The van der Waals surface area contributed by atoms with Crippen LogP contribution in [-0.2, 0) is 17.8 Å². The molecule has 2 aliphatic heterocycles. The van der Waals surface area contributed by atoms with Gasteiger partial charge in [-0.05, 0) is 43.9 Å². The summed E-state index contributed by atoms with van der Waals surface area (Å²) in [5, 5.41) is 12.1. The van der Waals surface area contributed by atoms with Crippen molar-refractivity contribution in [3.63, 3.8) is 0 Å². The van der Waals surface area contributed by atoms with Gasteiger partial charge in [-0.25, -0.2) is 4.98 Å². The van der Waals surface area contributed by atoms with E-state index in [0.717, 1.165) is 72.2 Å². The summed E-state index contributed by atoms with van der Waals surface area (Å²) in [6.45, 7) is 2.52. The Labute approximate surface area is 211 Å². The second kappa shape index (κ2) is 9.93. The lowest BCUT2D eigenvalue weighted by molar-refractivity contribution is -0.120. The number of rotatable bonds is 5. The molecule has 0 spiro atoms. The second-order valence-electron chi connectivity index (χ2n) is 9.66. The number of nitrogens with one attached hydrogen (secondary N) is 1. The summed E-state index contributed by atoms with van der Waals surface area (Å²) >= 11 is 0. The number of para-hydroxylation sites is 1. The van der Waals surface area contributed by atoms with Crippen LogP contribution in [0.2, 0.25) is 0 Å². The minimum absolute atomic E-state index is 0.0463. The zero-order valence-electron chi connectivity index (χ0n) is 20.3. The lowest BCUT2D eigenvalue weighted by Crippen LogP contribution is -2.41. The summed E-state index contributed by atoms with van der Waals surface area (Å²) in [4.78, 5) is 20.4. The lowest BCUT2D eigenvalue weighted by atomic mass is 9.96. The van der Waals surface area contributed by atoms with Gasteiger partial charge in [-0.1, -0.05) is 48.5 Å². The topological polar surface area (TPSA) is 75.9 Å². The van der Waals surface area contributed by atoms with Crippen LogP contribution in [0.5, 0.6) is 0 Å². The van der Waals surface area contributed by atoms with Gasteiger partial charge in [0.25, 0.3) is 0 Å². The van der Waals surface area contributed by atoms with E-state index < -0.39 is 0 Å². The SMILES string of the molecule is O=C(Nc1ccccc1-c1cn2c(n1)CCCC2)C1CCCN(c2ccc(-c3ccccc3)nn2)C1. The van der Waals surface area contributed by atoms with Crippen molar-refractivity contribution in [2.75, 3.05) is 23.3 Å². The third-order valence-electron chi connectivity index (χ3n) is 7.21. The minimum Gasteiger partial charge on any atom is -0.354 e. The highest BCUT2D eigenvalue weighted by Gasteiger charge is 2.27. The summed E-state index contributed by atoms with van der Waals surface area (Å²) in [5.41, 5.74) is 4.62. The van der Waals surface area contributed by atoms with Crippen LogP contribution in [0.15, 0.2) is 72.9 Å². The standard InChI is InChI=1S/C29H30N6O/c36-29(31-25-13-5-4-12-23(25)26-20-35-17-7-6-14-27(35)30-26)22-11-8-18-34(19-22)28-16-15-24(32-33-28)21-9-2-1-3-10-21/h1-5,9-10,12-13,15-16,20,22H,6-8,11,14,17-19H2,(H,31,36). The molecule has 2 aliphatic rings. The first kappa shape index (κ1) is 22.5. The Kier molecular flexibility index (Phi) is 6.20. The Morgan fingerprint density at radius 1 is 0.861 bits per heavy atom. The van der Waals surface area contributed by atoms with E-state index >= 15 is 0 Å². The van der Waals surface area contributed by atoms with Crippen molar-refractivity contribution in [1.82, 2.24) is 19.7 Å². The van der Waals surface area contributed by atoms with Gasteiger partial charge in [0.05, 0.1) is 23.0 Å². The molecule has 0 bridgehead atoms. The summed E-state index contributed by atoms with van der Waals surface area (Å²) in [6.07, 6.45) is 7.32. The Bertz CT molecular complexity index is 1320. The highest BCUT2D eigenvalue weighted by molar-refractivity contribution is 5.96. The van der Waals surface area contributed by atoms with E-state index in [1.165, 1.54) is 12.8 Å². The number of piperidine rings is 1. The molecule has 36 heavy (non-hydrogen) atoms. The molecule has 182 valence electrons. The molecule has 4 aromatic rings. The molecule has 1 fully saturated rings. The maximum Gasteiger partial charge on any atom is 0.229 e. The summed E-state index contributed by atoms with van der Waals surface area (Å²) in [7, 11) is 0. The Morgan fingerprint density at radius 3 is 2.56 bits per heavy atom. The summed E-state index contributed by atoms with van der Waals surface area (Å²) in [6, 6.07) is 22.0. The van der Waals surface area contributed by atoms with Crippen LogP contribution in [0.4, 0.5) is 11.5 Å². The van der Waals surface area contributed by atoms with Crippen molar-refractivity contribution < 1.29 is 4.79 Å². The van der Waals surface area contributed by atoms with Gasteiger partial charge >= 0.3 is 0 Å². The van der Waals surface area contributed by atoms with Gasteiger partial charge in [0, 0.05) is 43.4 Å². The van der Waals surface area contributed by atoms with Crippen molar-refractivity contribution >= 4 is 17.4 Å². The maximum atomic E-state index is 13.4. The molecule has 2 aromatic heterocycles. The van der Waals surface area contributed by atoms with Gasteiger partial charge in [0.15, 0.2) is 5.82 Å². The number of amides is 1. The molecule has 2 aromatic carbocycles. The zero-order valence-corrected chi connectivity index (χ0v) is 20.3. The number of anilines is 2. The lowest BCUT2D eigenvalue weighted by Gasteiger charge is -2.32. The molecule has 0 saturated carbocycles. The molecule has 1 N–H and O–H groups in total. The van der Waals surface area contributed by atoms with E-state index in [-0.39, 0.29) is 11.8 Å². The summed E-state index contributed by atoms with van der Waals surface area (Å²) < 4.78 is 2.25. The van der Waals surface area contributed by atoms with Gasteiger partial charge in [-0.3, -0.25) is 4.79 Å². The number of carbonyl (C=O) groups is 1. The quantitative estimate of drug-likeness (QED) is 0.427. The van der Waals surface area contributed by atoms with Crippen LogP contribution in [0.25, 0.3) is 22.5 Å². The number of aryl methyl sites for hydroxylation is 2. The number of aromatic nitrogens is 4. The fourth-order valence-corrected chi connectivity index (χ4v) is 5.25. The fraction of sp³-hybridized carbons (Fsp3) is 0.310. The number of imidazole rings is 1. The molecule has 1 atom stereocenters. The van der Waals surface area contributed by atoms with E-state index in [1.807, 2.05) is 66.7 Å². The predicted molar refractivity (Wildman–Crippen MR) is 142 cm³/mol. The van der Waals surface area contributed by atoms with Crippen molar-refractivity contribution in [3.8, 4) is 22.5 Å². The Balaban J connectivity index is 1.16. The number of fused-ring (bicyclic) bond motifs is 1. The van der Waals surface area contributed by atoms with E-state index in [1.54, 1.807) is 0 Å². The maximum absolute atomic E-state index is 13.4. The van der Waals surface area contributed by atoms with Crippen molar-refractivity contribution in [2.45, 2.75) is 38.6 Å². The van der Waals surface area contributed by atoms with Crippen LogP contribution < -0.4 is 10.2 Å². The Hall–Kier alpha value is -4.00. The monoisotopic (exact) mass is 478 g/mol. The molecular formula is C29H30N6O. The minimum atomic E-state index is -0.113. The fourth-order valence-electron chi connectivity index (χ4n) is 5.25. The van der Waals surface area contributed by atoms with Gasteiger partial charge < -0.3 is 14.8 Å². The van der Waals surface area contributed by atoms with Gasteiger partial charge in [0.2, 0.25) is 5.91 Å². The Morgan fingerprint density at radius 2 is 1.72 bits per heavy atom. The van der Waals surface area contributed by atoms with Crippen LogP contribution >= 0.6 is 0 Å². The number of hydrogen-bond donors (Lipinski definition) is 1. The van der Waals surface area contributed by atoms with E-state index in [2.05, 4.69) is 31.2 Å². The van der Waals surface area contributed by atoms with Gasteiger partial charge in [-0.2, -0.15) is 0 Å². The average molecular weight is 479 g/mol. The smallest absolute Gasteiger partial charge is 0.229 e. The molecule has 7 nitrogen and oxygen atoms in total. The van der Waals surface area contributed by atoms with E-state index in [9.17, 15) is 4.79 Å². The van der Waals surface area contributed by atoms with E-state index in [4.69, 9.17) is 4.98 Å². The highest BCUT2D eigenvalue weighted by atomic mass is 16.1.